The van der Waals surface area contributed by atoms with E-state index in [1.165, 1.54) is 0 Å². The van der Waals surface area contributed by atoms with Gasteiger partial charge in [0.05, 0.1) is 6.26 Å². The van der Waals surface area contributed by atoms with Crippen molar-refractivity contribution in [2.75, 3.05) is 0 Å². The molecule has 0 unspecified atom stereocenters. The Hall–Kier alpha value is -2.88. The van der Waals surface area contributed by atoms with Gasteiger partial charge in [-0.05, 0) is 36.4 Å². The van der Waals surface area contributed by atoms with Gasteiger partial charge in [0.2, 0.25) is 5.90 Å². The number of hydrogen-bond donors (Lipinski definition) is 0. The summed E-state index contributed by atoms with van der Waals surface area (Å²) in [5.41, 5.74) is 1.05. The molecular weight excluding hydrogens is 254 g/mol. The zero-order valence-corrected chi connectivity index (χ0v) is 10.5. The summed E-state index contributed by atoms with van der Waals surface area (Å²) in [6, 6.07) is 12.9. The number of carbonyl (C=O) groups excluding carboxylic acids is 1. The van der Waals surface area contributed by atoms with Gasteiger partial charge in [-0.2, -0.15) is 0 Å². The lowest BCUT2D eigenvalue weighted by Crippen LogP contribution is -2.04. The van der Waals surface area contributed by atoms with Gasteiger partial charge in [0.15, 0.2) is 5.70 Å². The fourth-order valence-corrected chi connectivity index (χ4v) is 1.75. The van der Waals surface area contributed by atoms with E-state index in [0.29, 0.717) is 11.7 Å². The maximum atomic E-state index is 11.7. The fraction of sp³-hybridized carbons (Fsp3) is 0. The van der Waals surface area contributed by atoms with E-state index < -0.39 is 5.97 Å². The van der Waals surface area contributed by atoms with Crippen molar-refractivity contribution >= 4 is 17.9 Å². The summed E-state index contributed by atoms with van der Waals surface area (Å²) < 4.78 is 10.3. The van der Waals surface area contributed by atoms with Crippen LogP contribution in [0.1, 0.15) is 11.3 Å². The molecule has 20 heavy (non-hydrogen) atoms. The highest BCUT2D eigenvalue weighted by atomic mass is 16.6. The molecule has 2 heterocycles. The fourth-order valence-electron chi connectivity index (χ4n) is 1.75. The minimum absolute atomic E-state index is 0.270. The number of furan rings is 1. The van der Waals surface area contributed by atoms with Crippen LogP contribution in [-0.2, 0) is 9.53 Å². The molecule has 0 saturated heterocycles. The van der Waals surface area contributed by atoms with Gasteiger partial charge in [-0.1, -0.05) is 24.3 Å². The number of carbonyl (C=O) groups is 1. The van der Waals surface area contributed by atoms with Crippen molar-refractivity contribution in [3.05, 3.63) is 77.9 Å². The molecule has 2 aromatic rings. The molecule has 1 aromatic carbocycles. The van der Waals surface area contributed by atoms with Gasteiger partial charge >= 0.3 is 5.97 Å². The highest BCUT2D eigenvalue weighted by molar-refractivity contribution is 6.11. The third kappa shape index (κ3) is 2.59. The Bertz CT molecular complexity index is 695. The molecule has 0 radical (unpaired) electrons. The second kappa shape index (κ2) is 5.40. The first-order valence-corrected chi connectivity index (χ1v) is 6.11. The topological polar surface area (TPSA) is 51.8 Å². The molecule has 0 saturated carbocycles. The molecule has 0 bridgehead atoms. The van der Waals surface area contributed by atoms with Gasteiger partial charge in [0.25, 0.3) is 0 Å². The molecule has 0 N–H and O–H groups in total. The van der Waals surface area contributed by atoms with Crippen molar-refractivity contribution in [1.29, 1.82) is 0 Å². The number of nitrogens with zero attached hydrogens (tertiary/aromatic N) is 1. The van der Waals surface area contributed by atoms with E-state index in [4.69, 9.17) is 9.15 Å². The Kier molecular flexibility index (Phi) is 3.29. The lowest BCUT2D eigenvalue weighted by Gasteiger charge is -1.97. The maximum absolute atomic E-state index is 11.7. The van der Waals surface area contributed by atoms with E-state index in [1.807, 2.05) is 36.4 Å². The minimum atomic E-state index is -0.451. The standard InChI is InChI=1S/C16H11NO3/c18-16-14(10-4-8-13-9-5-11-19-13)17-15(20-16)12-6-2-1-3-7-12/h1-11H/b8-4-,14-10-. The highest BCUT2D eigenvalue weighted by Crippen LogP contribution is 2.16. The molecule has 4 heteroatoms. The monoisotopic (exact) mass is 265 g/mol. The number of rotatable bonds is 3. The Morgan fingerprint density at radius 1 is 1.05 bits per heavy atom. The molecule has 1 aromatic heterocycles. The first-order chi connectivity index (χ1) is 9.83. The van der Waals surface area contributed by atoms with Crippen LogP contribution in [0, 0.1) is 0 Å². The zero-order valence-electron chi connectivity index (χ0n) is 10.5. The van der Waals surface area contributed by atoms with Crippen LogP contribution >= 0.6 is 0 Å². The summed E-state index contributed by atoms with van der Waals surface area (Å²) in [6.07, 6.45) is 6.63. The summed E-state index contributed by atoms with van der Waals surface area (Å²) in [7, 11) is 0. The summed E-state index contributed by atoms with van der Waals surface area (Å²) in [5, 5.41) is 0. The molecule has 0 fully saturated rings. The van der Waals surface area contributed by atoms with E-state index >= 15 is 0 Å². The van der Waals surface area contributed by atoms with Gasteiger partial charge in [0, 0.05) is 5.56 Å². The first-order valence-electron chi connectivity index (χ1n) is 6.11. The number of aliphatic imine (C=N–C) groups is 1. The van der Waals surface area contributed by atoms with Crippen LogP contribution in [0.3, 0.4) is 0 Å². The lowest BCUT2D eigenvalue weighted by atomic mass is 10.2. The van der Waals surface area contributed by atoms with Gasteiger partial charge in [-0.15, -0.1) is 0 Å². The average molecular weight is 265 g/mol. The van der Waals surface area contributed by atoms with Crippen LogP contribution in [0.15, 0.2) is 76.0 Å². The maximum Gasteiger partial charge on any atom is 0.363 e. The smallest absolute Gasteiger partial charge is 0.363 e. The Labute approximate surface area is 115 Å². The van der Waals surface area contributed by atoms with E-state index in [-0.39, 0.29) is 5.70 Å². The van der Waals surface area contributed by atoms with Crippen molar-refractivity contribution in [1.82, 2.24) is 0 Å². The number of ether oxygens (including phenoxy) is 1. The van der Waals surface area contributed by atoms with Crippen molar-refractivity contribution in [3.8, 4) is 0 Å². The van der Waals surface area contributed by atoms with E-state index in [1.54, 1.807) is 30.6 Å². The van der Waals surface area contributed by atoms with Gasteiger partial charge in [-0.3, -0.25) is 0 Å². The number of allylic oxidation sites excluding steroid dienone is 2. The third-order valence-corrected chi connectivity index (χ3v) is 2.70. The predicted octanol–water partition coefficient (Wildman–Crippen LogP) is 3.18. The molecule has 98 valence electrons. The quantitative estimate of drug-likeness (QED) is 0.632. The average Bonchev–Trinajstić information content (AvgIpc) is 3.11. The number of cyclic esters (lactones) is 1. The first kappa shape index (κ1) is 12.2. The predicted molar refractivity (Wildman–Crippen MR) is 74.9 cm³/mol. The van der Waals surface area contributed by atoms with Crippen LogP contribution < -0.4 is 0 Å². The Morgan fingerprint density at radius 2 is 1.90 bits per heavy atom. The van der Waals surface area contributed by atoms with E-state index in [0.717, 1.165) is 5.56 Å². The van der Waals surface area contributed by atoms with Crippen molar-refractivity contribution in [2.24, 2.45) is 4.99 Å². The molecule has 0 aliphatic carbocycles. The second-order valence-electron chi connectivity index (χ2n) is 4.10. The molecule has 0 atom stereocenters. The number of esters is 1. The summed E-state index contributed by atoms with van der Waals surface area (Å²) in [6.45, 7) is 0. The van der Waals surface area contributed by atoms with Crippen LogP contribution in [0.25, 0.3) is 6.08 Å². The van der Waals surface area contributed by atoms with Crippen LogP contribution in [0.5, 0.6) is 0 Å². The zero-order chi connectivity index (χ0) is 13.8. The molecule has 1 aliphatic heterocycles. The third-order valence-electron chi connectivity index (χ3n) is 2.70. The van der Waals surface area contributed by atoms with Crippen molar-refractivity contribution in [2.45, 2.75) is 0 Å². The SMILES string of the molecule is O=C1OC(c2ccccc2)=N/C1=C\C=C/c1ccco1. The van der Waals surface area contributed by atoms with Crippen LogP contribution in [-0.4, -0.2) is 11.9 Å². The van der Waals surface area contributed by atoms with Gasteiger partial charge in [0.1, 0.15) is 5.76 Å². The van der Waals surface area contributed by atoms with E-state index in [2.05, 4.69) is 4.99 Å². The normalized spacial score (nSPS) is 16.7. The largest absolute Gasteiger partial charge is 0.465 e. The molecule has 1 aliphatic rings. The number of hydrogen-bond acceptors (Lipinski definition) is 4. The van der Waals surface area contributed by atoms with Crippen molar-refractivity contribution in [3.63, 3.8) is 0 Å². The minimum Gasteiger partial charge on any atom is -0.465 e. The highest BCUT2D eigenvalue weighted by Gasteiger charge is 2.23. The van der Waals surface area contributed by atoms with Crippen molar-refractivity contribution < 1.29 is 13.9 Å². The van der Waals surface area contributed by atoms with E-state index in [9.17, 15) is 4.79 Å². The molecular formula is C16H11NO3. The molecule has 4 nitrogen and oxygen atoms in total. The summed E-state index contributed by atoms with van der Waals surface area (Å²) in [5.74, 6) is 0.585. The van der Waals surface area contributed by atoms with Gasteiger partial charge in [-0.25, -0.2) is 9.79 Å². The van der Waals surface area contributed by atoms with Crippen LogP contribution in [0.2, 0.25) is 0 Å². The molecule has 0 spiro atoms. The molecule has 0 amide bonds. The second-order valence-corrected chi connectivity index (χ2v) is 4.10. The summed E-state index contributed by atoms with van der Waals surface area (Å²) >= 11 is 0. The Morgan fingerprint density at radius 3 is 2.65 bits per heavy atom. The van der Waals surface area contributed by atoms with Crippen LogP contribution in [0.4, 0.5) is 0 Å². The summed E-state index contributed by atoms with van der Waals surface area (Å²) in [4.78, 5) is 15.9. The molecule has 3 rings (SSSR count). The lowest BCUT2D eigenvalue weighted by molar-refractivity contribution is -0.130. The Balaban J connectivity index is 1.80. The van der Waals surface area contributed by atoms with Gasteiger partial charge < -0.3 is 9.15 Å². The number of benzene rings is 1.